The predicted molar refractivity (Wildman–Crippen MR) is 70.0 cm³/mol. The van der Waals surface area contributed by atoms with Crippen molar-refractivity contribution in [2.45, 2.75) is 65.8 Å². The molecule has 0 spiro atoms. The van der Waals surface area contributed by atoms with E-state index >= 15 is 0 Å². The van der Waals surface area contributed by atoms with Crippen LogP contribution >= 0.6 is 0 Å². The highest BCUT2D eigenvalue weighted by molar-refractivity contribution is 7.89. The van der Waals surface area contributed by atoms with Crippen LogP contribution < -0.4 is 4.72 Å². The van der Waals surface area contributed by atoms with Crippen LogP contribution in [0, 0.1) is 5.92 Å². The first-order valence-electron chi connectivity index (χ1n) is 6.20. The smallest absolute Gasteiger partial charge is 0.212 e. The summed E-state index contributed by atoms with van der Waals surface area (Å²) in [7, 11) is -3.11. The van der Waals surface area contributed by atoms with Crippen LogP contribution in [0.5, 0.6) is 0 Å². The van der Waals surface area contributed by atoms with Gasteiger partial charge in [-0.3, -0.25) is 0 Å². The van der Waals surface area contributed by atoms with Gasteiger partial charge in [-0.25, -0.2) is 13.1 Å². The molecule has 0 aromatic heterocycles. The molecule has 1 N–H and O–H groups in total. The normalized spacial score (nSPS) is 13.4. The van der Waals surface area contributed by atoms with Crippen molar-refractivity contribution in [1.82, 2.24) is 4.72 Å². The summed E-state index contributed by atoms with van der Waals surface area (Å²) in [6, 6.07) is 0. The second-order valence-electron chi connectivity index (χ2n) is 5.61. The van der Waals surface area contributed by atoms with E-state index in [1.807, 2.05) is 13.8 Å². The summed E-state index contributed by atoms with van der Waals surface area (Å²) in [5, 5.41) is 0. The van der Waals surface area contributed by atoms with E-state index in [1.165, 1.54) is 0 Å². The minimum Gasteiger partial charge on any atom is -0.212 e. The average Bonchev–Trinajstić information content (AvgIpc) is 1.98. The molecule has 0 radical (unpaired) electrons. The van der Waals surface area contributed by atoms with E-state index in [9.17, 15) is 8.42 Å². The zero-order valence-corrected chi connectivity index (χ0v) is 12.2. The van der Waals surface area contributed by atoms with Gasteiger partial charge >= 0.3 is 0 Å². The Labute approximate surface area is 101 Å². The lowest BCUT2D eigenvalue weighted by Gasteiger charge is -2.27. The van der Waals surface area contributed by atoms with Gasteiger partial charge in [0, 0.05) is 5.54 Å². The number of hydrogen-bond acceptors (Lipinski definition) is 2. The molecule has 0 saturated carbocycles. The number of nitrogens with one attached hydrogen (secondary N) is 1. The van der Waals surface area contributed by atoms with Crippen molar-refractivity contribution >= 4 is 10.0 Å². The lowest BCUT2D eigenvalue weighted by molar-refractivity contribution is 0.365. The second kappa shape index (κ2) is 6.60. The molecule has 0 aromatic rings. The summed E-state index contributed by atoms with van der Waals surface area (Å²) in [5.74, 6) is 0.746. The standard InChI is InChI=1S/C12H27NO2S/c1-6-7-8-9-16(14,15)13-12(4,5)10-11(2)3/h11,13H,6-10H2,1-5H3. The molecule has 0 aliphatic heterocycles. The molecule has 3 nitrogen and oxygen atoms in total. The number of unbranched alkanes of at least 4 members (excludes halogenated alkanes) is 2. The summed E-state index contributed by atoms with van der Waals surface area (Å²) >= 11 is 0. The van der Waals surface area contributed by atoms with Gasteiger partial charge in [0.25, 0.3) is 0 Å². The molecule has 0 heterocycles. The van der Waals surface area contributed by atoms with Crippen LogP contribution in [-0.2, 0) is 10.0 Å². The Balaban J connectivity index is 4.23. The van der Waals surface area contributed by atoms with Crippen molar-refractivity contribution in [3.05, 3.63) is 0 Å². The second-order valence-corrected chi connectivity index (χ2v) is 7.45. The molecule has 0 saturated heterocycles. The van der Waals surface area contributed by atoms with Crippen LogP contribution in [0.3, 0.4) is 0 Å². The largest absolute Gasteiger partial charge is 0.212 e. The van der Waals surface area contributed by atoms with Crippen molar-refractivity contribution < 1.29 is 8.42 Å². The molecular weight excluding hydrogens is 222 g/mol. The van der Waals surface area contributed by atoms with Crippen LogP contribution in [0.4, 0.5) is 0 Å². The molecule has 0 aliphatic rings. The van der Waals surface area contributed by atoms with Crippen LogP contribution in [0.1, 0.15) is 60.3 Å². The Hall–Kier alpha value is -0.0900. The molecule has 0 fully saturated rings. The Morgan fingerprint density at radius 3 is 2.19 bits per heavy atom. The molecule has 0 amide bonds. The van der Waals surface area contributed by atoms with Gasteiger partial charge in [0.1, 0.15) is 0 Å². The first-order chi connectivity index (χ1) is 7.18. The maximum atomic E-state index is 11.8. The fourth-order valence-corrected chi connectivity index (χ4v) is 3.69. The van der Waals surface area contributed by atoms with Gasteiger partial charge < -0.3 is 0 Å². The van der Waals surface area contributed by atoms with E-state index in [-0.39, 0.29) is 11.3 Å². The molecule has 98 valence electrons. The van der Waals surface area contributed by atoms with Gasteiger partial charge in [0.15, 0.2) is 0 Å². The molecule has 16 heavy (non-hydrogen) atoms. The van der Waals surface area contributed by atoms with E-state index in [0.29, 0.717) is 5.92 Å². The van der Waals surface area contributed by atoms with E-state index < -0.39 is 10.0 Å². The van der Waals surface area contributed by atoms with Crippen LogP contribution in [-0.4, -0.2) is 19.7 Å². The highest BCUT2D eigenvalue weighted by Crippen LogP contribution is 2.17. The number of hydrogen-bond donors (Lipinski definition) is 1. The summed E-state index contributed by atoms with van der Waals surface area (Å²) in [6.45, 7) is 10.2. The first kappa shape index (κ1) is 15.9. The van der Waals surface area contributed by atoms with Gasteiger partial charge in [-0.15, -0.1) is 0 Å². The molecule has 0 atom stereocenters. The van der Waals surface area contributed by atoms with Gasteiger partial charge in [-0.1, -0.05) is 33.6 Å². The molecule has 0 rings (SSSR count). The van der Waals surface area contributed by atoms with E-state index in [4.69, 9.17) is 0 Å². The van der Waals surface area contributed by atoms with Crippen molar-refractivity contribution in [2.75, 3.05) is 5.75 Å². The van der Waals surface area contributed by atoms with Crippen LogP contribution in [0.25, 0.3) is 0 Å². The number of sulfonamides is 1. The van der Waals surface area contributed by atoms with Crippen molar-refractivity contribution in [3.63, 3.8) is 0 Å². The van der Waals surface area contributed by atoms with Gasteiger partial charge in [-0.05, 0) is 32.6 Å². The Bertz CT molecular complexity index is 281. The van der Waals surface area contributed by atoms with E-state index in [0.717, 1.165) is 25.7 Å². The van der Waals surface area contributed by atoms with Gasteiger partial charge in [0.05, 0.1) is 5.75 Å². The lowest BCUT2D eigenvalue weighted by atomic mass is 9.94. The Kier molecular flexibility index (Phi) is 6.56. The van der Waals surface area contributed by atoms with E-state index in [2.05, 4.69) is 25.5 Å². The topological polar surface area (TPSA) is 46.2 Å². The molecular formula is C12H27NO2S. The Morgan fingerprint density at radius 2 is 1.75 bits per heavy atom. The molecule has 4 heteroatoms. The molecule has 0 aromatic carbocycles. The maximum Gasteiger partial charge on any atom is 0.212 e. The lowest BCUT2D eigenvalue weighted by Crippen LogP contribution is -2.45. The van der Waals surface area contributed by atoms with Crippen molar-refractivity contribution in [2.24, 2.45) is 5.92 Å². The summed E-state index contributed by atoms with van der Waals surface area (Å²) < 4.78 is 26.4. The highest BCUT2D eigenvalue weighted by Gasteiger charge is 2.25. The fraction of sp³-hybridized carbons (Fsp3) is 1.00. The van der Waals surface area contributed by atoms with E-state index in [1.54, 1.807) is 0 Å². The van der Waals surface area contributed by atoms with Gasteiger partial charge in [0.2, 0.25) is 10.0 Å². The minimum atomic E-state index is -3.11. The van der Waals surface area contributed by atoms with Crippen LogP contribution in [0.2, 0.25) is 0 Å². The molecule has 0 aliphatic carbocycles. The average molecular weight is 249 g/mol. The fourth-order valence-electron chi connectivity index (χ4n) is 2.08. The molecule has 0 bridgehead atoms. The van der Waals surface area contributed by atoms with Gasteiger partial charge in [-0.2, -0.15) is 0 Å². The predicted octanol–water partition coefficient (Wildman–Crippen LogP) is 2.92. The zero-order valence-electron chi connectivity index (χ0n) is 11.3. The highest BCUT2D eigenvalue weighted by atomic mass is 32.2. The third-order valence-corrected chi connectivity index (χ3v) is 4.06. The third kappa shape index (κ3) is 8.11. The van der Waals surface area contributed by atoms with Crippen molar-refractivity contribution in [3.8, 4) is 0 Å². The monoisotopic (exact) mass is 249 g/mol. The number of rotatable bonds is 8. The minimum absolute atomic E-state index is 0.252. The first-order valence-corrected chi connectivity index (χ1v) is 7.85. The summed E-state index contributed by atoms with van der Waals surface area (Å²) in [6.07, 6.45) is 3.64. The molecule has 0 unspecified atom stereocenters. The summed E-state index contributed by atoms with van der Waals surface area (Å²) in [4.78, 5) is 0. The maximum absolute atomic E-state index is 11.8. The SMILES string of the molecule is CCCCCS(=O)(=O)NC(C)(C)CC(C)C. The zero-order chi connectivity index (χ0) is 12.8. The Morgan fingerprint density at radius 1 is 1.19 bits per heavy atom. The quantitative estimate of drug-likeness (QED) is 0.672. The van der Waals surface area contributed by atoms with Crippen molar-refractivity contribution in [1.29, 1.82) is 0 Å². The third-order valence-electron chi connectivity index (χ3n) is 2.37. The van der Waals surface area contributed by atoms with Crippen LogP contribution in [0.15, 0.2) is 0 Å². The summed E-state index contributed by atoms with van der Waals surface area (Å²) in [5.41, 5.74) is -0.334.